The summed E-state index contributed by atoms with van der Waals surface area (Å²) in [6, 6.07) is 13.4. The third kappa shape index (κ3) is 2.10. The highest BCUT2D eigenvalue weighted by atomic mass is 14.8. The van der Waals surface area contributed by atoms with Crippen molar-refractivity contribution in [1.29, 1.82) is 0 Å². The summed E-state index contributed by atoms with van der Waals surface area (Å²) >= 11 is 0. The van der Waals surface area contributed by atoms with Gasteiger partial charge in [0, 0.05) is 18.1 Å². The normalized spacial score (nSPS) is 16.9. The fourth-order valence-corrected chi connectivity index (χ4v) is 3.21. The number of hydrogen-bond donors (Lipinski definition) is 1. The molecule has 2 aromatic carbocycles. The Hall–Kier alpha value is -1.50. The van der Waals surface area contributed by atoms with E-state index in [0.29, 0.717) is 0 Å². The van der Waals surface area contributed by atoms with Crippen molar-refractivity contribution in [2.24, 2.45) is 0 Å². The van der Waals surface area contributed by atoms with Crippen molar-refractivity contribution in [3.8, 4) is 0 Å². The first-order chi connectivity index (χ1) is 8.88. The summed E-state index contributed by atoms with van der Waals surface area (Å²) in [4.78, 5) is 0. The molecule has 0 atom stereocenters. The third-order valence-electron chi connectivity index (χ3n) is 4.23. The fraction of sp³-hybridized carbons (Fsp3) is 0.412. The molecule has 1 aliphatic rings. The van der Waals surface area contributed by atoms with Gasteiger partial charge >= 0.3 is 0 Å². The van der Waals surface area contributed by atoms with E-state index in [9.17, 15) is 0 Å². The van der Waals surface area contributed by atoms with E-state index in [0.717, 1.165) is 5.92 Å². The lowest BCUT2D eigenvalue weighted by Crippen LogP contribution is -2.05. The molecule has 0 bridgehead atoms. The zero-order valence-corrected chi connectivity index (χ0v) is 11.1. The van der Waals surface area contributed by atoms with Gasteiger partial charge in [-0.05, 0) is 35.8 Å². The molecule has 2 aromatic rings. The molecule has 0 heterocycles. The molecule has 1 fully saturated rings. The van der Waals surface area contributed by atoms with Crippen LogP contribution in [0.5, 0.6) is 0 Å². The number of benzene rings is 2. The molecule has 94 valence electrons. The number of hydrogen-bond acceptors (Lipinski definition) is 1. The lowest BCUT2D eigenvalue weighted by molar-refractivity contribution is 0.444. The largest absolute Gasteiger partial charge is 0.388 e. The van der Waals surface area contributed by atoms with Crippen molar-refractivity contribution in [3.63, 3.8) is 0 Å². The molecule has 0 spiro atoms. The molecule has 1 nitrogen and oxygen atoms in total. The van der Waals surface area contributed by atoms with Crippen molar-refractivity contribution in [2.75, 3.05) is 12.4 Å². The summed E-state index contributed by atoms with van der Waals surface area (Å²) in [5.41, 5.74) is 2.80. The van der Waals surface area contributed by atoms with Crippen LogP contribution in [0.3, 0.4) is 0 Å². The first kappa shape index (κ1) is 11.6. The maximum atomic E-state index is 3.35. The van der Waals surface area contributed by atoms with Gasteiger partial charge in [-0.2, -0.15) is 0 Å². The maximum absolute atomic E-state index is 3.35. The molecule has 3 rings (SSSR count). The van der Waals surface area contributed by atoms with Crippen LogP contribution < -0.4 is 5.32 Å². The molecule has 0 radical (unpaired) electrons. The highest BCUT2D eigenvalue weighted by molar-refractivity contribution is 5.94. The topological polar surface area (TPSA) is 12.0 Å². The molecular weight excluding hydrogens is 218 g/mol. The van der Waals surface area contributed by atoms with Gasteiger partial charge in [0.05, 0.1) is 0 Å². The van der Waals surface area contributed by atoms with Crippen LogP contribution in [0.4, 0.5) is 5.69 Å². The van der Waals surface area contributed by atoms with E-state index in [-0.39, 0.29) is 0 Å². The third-order valence-corrected chi connectivity index (χ3v) is 4.23. The smallest absolute Gasteiger partial charge is 0.0420 e. The Bertz CT molecular complexity index is 538. The van der Waals surface area contributed by atoms with Crippen molar-refractivity contribution in [3.05, 3.63) is 42.0 Å². The molecule has 1 heteroatoms. The van der Waals surface area contributed by atoms with Gasteiger partial charge in [-0.3, -0.25) is 0 Å². The summed E-state index contributed by atoms with van der Waals surface area (Å²) in [7, 11) is 2.02. The maximum Gasteiger partial charge on any atom is 0.0420 e. The first-order valence-electron chi connectivity index (χ1n) is 7.09. The van der Waals surface area contributed by atoms with E-state index in [4.69, 9.17) is 0 Å². The number of rotatable bonds is 2. The van der Waals surface area contributed by atoms with Crippen molar-refractivity contribution >= 4 is 16.5 Å². The van der Waals surface area contributed by atoms with Crippen LogP contribution in [0.15, 0.2) is 36.4 Å². The van der Waals surface area contributed by atoms with Gasteiger partial charge in [0.25, 0.3) is 0 Å². The second-order valence-corrected chi connectivity index (χ2v) is 5.37. The molecule has 1 aliphatic carbocycles. The fourth-order valence-electron chi connectivity index (χ4n) is 3.21. The molecule has 0 saturated heterocycles. The predicted molar refractivity (Wildman–Crippen MR) is 79.3 cm³/mol. The van der Waals surface area contributed by atoms with Crippen molar-refractivity contribution in [2.45, 2.75) is 38.0 Å². The Morgan fingerprint density at radius 3 is 2.56 bits per heavy atom. The zero-order valence-electron chi connectivity index (χ0n) is 11.1. The summed E-state index contributed by atoms with van der Waals surface area (Å²) in [6.45, 7) is 0. The highest BCUT2D eigenvalue weighted by Crippen LogP contribution is 2.36. The number of anilines is 1. The molecule has 0 amide bonds. The molecule has 0 aliphatic heterocycles. The van der Waals surface area contributed by atoms with E-state index < -0.39 is 0 Å². The second-order valence-electron chi connectivity index (χ2n) is 5.37. The summed E-state index contributed by atoms with van der Waals surface area (Å²) < 4.78 is 0. The minimum Gasteiger partial charge on any atom is -0.388 e. The van der Waals surface area contributed by atoms with Crippen LogP contribution in [0.2, 0.25) is 0 Å². The zero-order chi connectivity index (χ0) is 12.4. The van der Waals surface area contributed by atoms with Crippen molar-refractivity contribution < 1.29 is 0 Å². The van der Waals surface area contributed by atoms with E-state index >= 15 is 0 Å². The predicted octanol–water partition coefficient (Wildman–Crippen LogP) is 4.93. The van der Waals surface area contributed by atoms with E-state index in [1.807, 2.05) is 7.05 Å². The standard InChI is InChI=1S/C17H21N/c1-18-17-12-15(13-7-3-2-4-8-13)11-14-9-5-6-10-16(14)17/h5-6,9-13,18H,2-4,7-8H2,1H3. The lowest BCUT2D eigenvalue weighted by atomic mass is 9.83. The van der Waals surface area contributed by atoms with E-state index in [2.05, 4.69) is 41.7 Å². The SMILES string of the molecule is CNc1cc(C2CCCCC2)cc2ccccc12. The quantitative estimate of drug-likeness (QED) is 0.783. The molecule has 1 N–H and O–H groups in total. The summed E-state index contributed by atoms with van der Waals surface area (Å²) in [5.74, 6) is 0.774. The van der Waals surface area contributed by atoms with Crippen LogP contribution in [-0.4, -0.2) is 7.05 Å². The number of fused-ring (bicyclic) bond motifs is 1. The van der Waals surface area contributed by atoms with Gasteiger partial charge in [0.1, 0.15) is 0 Å². The van der Waals surface area contributed by atoms with Gasteiger partial charge < -0.3 is 5.32 Å². The van der Waals surface area contributed by atoms with Gasteiger partial charge in [-0.1, -0.05) is 49.6 Å². The second kappa shape index (κ2) is 5.01. The Labute approximate surface area is 109 Å². The Balaban J connectivity index is 2.07. The first-order valence-corrected chi connectivity index (χ1v) is 7.09. The minimum absolute atomic E-state index is 0.774. The minimum atomic E-state index is 0.774. The average molecular weight is 239 g/mol. The van der Waals surface area contributed by atoms with Gasteiger partial charge in [-0.15, -0.1) is 0 Å². The highest BCUT2D eigenvalue weighted by Gasteiger charge is 2.16. The van der Waals surface area contributed by atoms with Crippen LogP contribution >= 0.6 is 0 Å². The van der Waals surface area contributed by atoms with E-state index in [1.165, 1.54) is 54.1 Å². The Kier molecular flexibility index (Phi) is 3.22. The molecule has 0 unspecified atom stereocenters. The monoisotopic (exact) mass is 239 g/mol. The van der Waals surface area contributed by atoms with Crippen LogP contribution in [0.25, 0.3) is 10.8 Å². The Morgan fingerprint density at radius 2 is 1.78 bits per heavy atom. The summed E-state index contributed by atoms with van der Waals surface area (Å²) in [5, 5.41) is 6.05. The average Bonchev–Trinajstić information content (AvgIpc) is 2.47. The number of nitrogens with one attached hydrogen (secondary N) is 1. The Morgan fingerprint density at radius 1 is 1.00 bits per heavy atom. The van der Waals surface area contributed by atoms with Crippen LogP contribution in [0.1, 0.15) is 43.6 Å². The van der Waals surface area contributed by atoms with Gasteiger partial charge in [-0.25, -0.2) is 0 Å². The molecule has 0 aromatic heterocycles. The van der Waals surface area contributed by atoms with Gasteiger partial charge in [0.15, 0.2) is 0 Å². The van der Waals surface area contributed by atoms with E-state index in [1.54, 1.807) is 0 Å². The molecule has 18 heavy (non-hydrogen) atoms. The van der Waals surface area contributed by atoms with Crippen LogP contribution in [-0.2, 0) is 0 Å². The molecule has 1 saturated carbocycles. The lowest BCUT2D eigenvalue weighted by Gasteiger charge is -2.23. The molecular formula is C17H21N. The van der Waals surface area contributed by atoms with Crippen LogP contribution in [0, 0.1) is 0 Å². The summed E-state index contributed by atoms with van der Waals surface area (Å²) in [6.07, 6.45) is 6.94. The van der Waals surface area contributed by atoms with Gasteiger partial charge in [0.2, 0.25) is 0 Å². The van der Waals surface area contributed by atoms with Crippen molar-refractivity contribution in [1.82, 2.24) is 0 Å².